The highest BCUT2D eigenvalue weighted by Gasteiger charge is 2.18. The maximum atomic E-state index is 5.77. The van der Waals surface area contributed by atoms with Crippen LogP contribution >= 0.6 is 0 Å². The number of hydrogen-bond acceptors (Lipinski definition) is 2. The van der Waals surface area contributed by atoms with Gasteiger partial charge in [0.2, 0.25) is 0 Å². The first-order valence-corrected chi connectivity index (χ1v) is 6.32. The summed E-state index contributed by atoms with van der Waals surface area (Å²) in [5.41, 5.74) is 8.49. The van der Waals surface area contributed by atoms with Crippen LogP contribution in [-0.2, 0) is 13.0 Å². The SMILES string of the molecule is CC(Cc1ccccc1CN)N1CCCC1. The van der Waals surface area contributed by atoms with Crippen molar-refractivity contribution in [3.8, 4) is 0 Å². The summed E-state index contributed by atoms with van der Waals surface area (Å²) in [6.45, 7) is 5.53. The maximum Gasteiger partial charge on any atom is 0.0180 e. The summed E-state index contributed by atoms with van der Waals surface area (Å²) in [6, 6.07) is 9.20. The van der Waals surface area contributed by atoms with E-state index in [2.05, 4.69) is 36.1 Å². The first kappa shape index (κ1) is 11.6. The largest absolute Gasteiger partial charge is 0.326 e. The van der Waals surface area contributed by atoms with Gasteiger partial charge in [0.25, 0.3) is 0 Å². The lowest BCUT2D eigenvalue weighted by Gasteiger charge is -2.24. The van der Waals surface area contributed by atoms with Crippen LogP contribution in [0, 0.1) is 0 Å². The van der Waals surface area contributed by atoms with Gasteiger partial charge in [-0.25, -0.2) is 0 Å². The molecule has 16 heavy (non-hydrogen) atoms. The van der Waals surface area contributed by atoms with E-state index in [1.54, 1.807) is 0 Å². The van der Waals surface area contributed by atoms with E-state index in [9.17, 15) is 0 Å². The van der Waals surface area contributed by atoms with Crippen LogP contribution in [0.4, 0.5) is 0 Å². The molecule has 1 aliphatic rings. The van der Waals surface area contributed by atoms with E-state index in [1.807, 2.05) is 0 Å². The van der Waals surface area contributed by atoms with E-state index in [1.165, 1.54) is 37.1 Å². The molecule has 2 rings (SSSR count). The third-order valence-corrected chi connectivity index (χ3v) is 3.62. The zero-order valence-corrected chi connectivity index (χ0v) is 10.2. The average Bonchev–Trinajstić information content (AvgIpc) is 2.83. The van der Waals surface area contributed by atoms with Crippen LogP contribution in [0.2, 0.25) is 0 Å². The number of nitrogens with zero attached hydrogens (tertiary/aromatic N) is 1. The fraction of sp³-hybridized carbons (Fsp3) is 0.571. The van der Waals surface area contributed by atoms with Crippen molar-refractivity contribution in [3.63, 3.8) is 0 Å². The molecule has 0 radical (unpaired) electrons. The van der Waals surface area contributed by atoms with Gasteiger partial charge < -0.3 is 10.6 Å². The molecule has 0 amide bonds. The van der Waals surface area contributed by atoms with Gasteiger partial charge in [-0.1, -0.05) is 24.3 Å². The molecule has 2 N–H and O–H groups in total. The van der Waals surface area contributed by atoms with Crippen LogP contribution in [0.25, 0.3) is 0 Å². The van der Waals surface area contributed by atoms with E-state index < -0.39 is 0 Å². The van der Waals surface area contributed by atoms with E-state index in [4.69, 9.17) is 5.73 Å². The van der Waals surface area contributed by atoms with Crippen molar-refractivity contribution >= 4 is 0 Å². The Bertz CT molecular complexity index is 329. The highest BCUT2D eigenvalue weighted by Crippen LogP contribution is 2.17. The maximum absolute atomic E-state index is 5.77. The van der Waals surface area contributed by atoms with Gasteiger partial charge in [0.1, 0.15) is 0 Å². The molecule has 1 aliphatic heterocycles. The summed E-state index contributed by atoms with van der Waals surface area (Å²) in [6.07, 6.45) is 3.86. The molecule has 1 atom stereocenters. The monoisotopic (exact) mass is 218 g/mol. The molecule has 1 heterocycles. The second-order valence-electron chi connectivity index (χ2n) is 4.77. The summed E-state index contributed by atoms with van der Waals surface area (Å²) in [7, 11) is 0. The summed E-state index contributed by atoms with van der Waals surface area (Å²) in [4.78, 5) is 2.59. The van der Waals surface area contributed by atoms with Crippen LogP contribution in [0.1, 0.15) is 30.9 Å². The lowest BCUT2D eigenvalue weighted by Crippen LogP contribution is -2.32. The Morgan fingerprint density at radius 3 is 2.44 bits per heavy atom. The summed E-state index contributed by atoms with van der Waals surface area (Å²) in [5, 5.41) is 0. The van der Waals surface area contributed by atoms with E-state index in [0.29, 0.717) is 12.6 Å². The molecule has 1 fully saturated rings. The minimum absolute atomic E-state index is 0.648. The Labute approximate surface area is 98.4 Å². The normalized spacial score (nSPS) is 18.9. The van der Waals surface area contributed by atoms with Crippen LogP contribution < -0.4 is 5.73 Å². The lowest BCUT2D eigenvalue weighted by atomic mass is 10.0. The second kappa shape index (κ2) is 5.46. The molecular formula is C14H22N2. The smallest absolute Gasteiger partial charge is 0.0180 e. The third kappa shape index (κ3) is 2.63. The Kier molecular flexibility index (Phi) is 3.97. The first-order chi connectivity index (χ1) is 7.81. The van der Waals surface area contributed by atoms with Gasteiger partial charge in [-0.15, -0.1) is 0 Å². The van der Waals surface area contributed by atoms with Gasteiger partial charge in [-0.2, -0.15) is 0 Å². The quantitative estimate of drug-likeness (QED) is 0.839. The predicted octanol–water partition coefficient (Wildman–Crippen LogP) is 2.17. The number of hydrogen-bond donors (Lipinski definition) is 1. The minimum atomic E-state index is 0.648. The molecule has 0 aromatic heterocycles. The number of nitrogens with two attached hydrogens (primary N) is 1. The van der Waals surface area contributed by atoms with Gasteiger partial charge in [0.15, 0.2) is 0 Å². The Morgan fingerprint density at radius 2 is 1.81 bits per heavy atom. The topological polar surface area (TPSA) is 29.3 Å². The molecule has 1 unspecified atom stereocenters. The highest BCUT2D eigenvalue weighted by molar-refractivity contribution is 5.27. The molecule has 0 saturated carbocycles. The van der Waals surface area contributed by atoms with Crippen molar-refractivity contribution in [1.29, 1.82) is 0 Å². The van der Waals surface area contributed by atoms with Gasteiger partial charge in [-0.3, -0.25) is 0 Å². The summed E-state index contributed by atoms with van der Waals surface area (Å²) < 4.78 is 0. The zero-order valence-electron chi connectivity index (χ0n) is 10.2. The molecular weight excluding hydrogens is 196 g/mol. The van der Waals surface area contributed by atoms with Gasteiger partial charge in [0, 0.05) is 12.6 Å². The summed E-state index contributed by atoms with van der Waals surface area (Å²) >= 11 is 0. The fourth-order valence-electron chi connectivity index (χ4n) is 2.59. The number of rotatable bonds is 4. The Balaban J connectivity index is 2.01. The van der Waals surface area contributed by atoms with Crippen LogP contribution in [0.5, 0.6) is 0 Å². The predicted molar refractivity (Wildman–Crippen MR) is 68.3 cm³/mol. The molecule has 88 valence electrons. The van der Waals surface area contributed by atoms with Crippen molar-refractivity contribution in [2.45, 2.75) is 38.8 Å². The van der Waals surface area contributed by atoms with Crippen LogP contribution in [0.15, 0.2) is 24.3 Å². The second-order valence-corrected chi connectivity index (χ2v) is 4.77. The van der Waals surface area contributed by atoms with E-state index in [0.717, 1.165) is 6.42 Å². The molecule has 1 saturated heterocycles. The number of likely N-dealkylation sites (tertiary alicyclic amines) is 1. The molecule has 2 heteroatoms. The minimum Gasteiger partial charge on any atom is -0.326 e. The van der Waals surface area contributed by atoms with Crippen molar-refractivity contribution < 1.29 is 0 Å². The Hall–Kier alpha value is -0.860. The van der Waals surface area contributed by atoms with E-state index >= 15 is 0 Å². The Morgan fingerprint density at radius 1 is 1.19 bits per heavy atom. The summed E-state index contributed by atoms with van der Waals surface area (Å²) in [5.74, 6) is 0. The fourth-order valence-corrected chi connectivity index (χ4v) is 2.59. The molecule has 1 aromatic rings. The van der Waals surface area contributed by atoms with Crippen molar-refractivity contribution in [2.75, 3.05) is 13.1 Å². The molecule has 0 spiro atoms. The van der Waals surface area contributed by atoms with E-state index in [-0.39, 0.29) is 0 Å². The van der Waals surface area contributed by atoms with Crippen molar-refractivity contribution in [2.24, 2.45) is 5.73 Å². The van der Waals surface area contributed by atoms with Crippen molar-refractivity contribution in [3.05, 3.63) is 35.4 Å². The average molecular weight is 218 g/mol. The third-order valence-electron chi connectivity index (χ3n) is 3.62. The molecule has 1 aromatic carbocycles. The molecule has 0 bridgehead atoms. The first-order valence-electron chi connectivity index (χ1n) is 6.32. The lowest BCUT2D eigenvalue weighted by molar-refractivity contribution is 0.257. The number of benzene rings is 1. The van der Waals surface area contributed by atoms with Gasteiger partial charge >= 0.3 is 0 Å². The standard InChI is InChI=1S/C14H22N2/c1-12(16-8-4-5-9-16)10-13-6-2-3-7-14(13)11-15/h2-3,6-7,12H,4-5,8-11,15H2,1H3. The van der Waals surface area contributed by atoms with Crippen LogP contribution in [-0.4, -0.2) is 24.0 Å². The van der Waals surface area contributed by atoms with Crippen molar-refractivity contribution in [1.82, 2.24) is 4.90 Å². The van der Waals surface area contributed by atoms with Crippen LogP contribution in [0.3, 0.4) is 0 Å². The van der Waals surface area contributed by atoms with Gasteiger partial charge in [0.05, 0.1) is 0 Å². The highest BCUT2D eigenvalue weighted by atomic mass is 15.2. The molecule has 0 aliphatic carbocycles. The van der Waals surface area contributed by atoms with Gasteiger partial charge in [-0.05, 0) is 50.4 Å². The zero-order chi connectivity index (χ0) is 11.4. The molecule has 2 nitrogen and oxygen atoms in total.